The summed E-state index contributed by atoms with van der Waals surface area (Å²) in [6.45, 7) is 0.195. The van der Waals surface area contributed by atoms with E-state index in [2.05, 4.69) is 20.9 Å². The van der Waals surface area contributed by atoms with Crippen LogP contribution in [0.5, 0.6) is 0 Å². The number of nitrogens with one attached hydrogen (secondary N) is 4. The minimum absolute atomic E-state index is 0.0349. The lowest BCUT2D eigenvalue weighted by Crippen LogP contribution is -2.44. The maximum Gasteiger partial charge on any atom is 0.325 e. The van der Waals surface area contributed by atoms with E-state index in [-0.39, 0.29) is 41.7 Å². The topological polar surface area (TPSA) is 137 Å². The summed E-state index contributed by atoms with van der Waals surface area (Å²) in [7, 11) is -3.51. The first-order chi connectivity index (χ1) is 14.8. The highest BCUT2D eigenvalue weighted by atomic mass is 32.2. The van der Waals surface area contributed by atoms with E-state index in [1.165, 1.54) is 17.0 Å². The Morgan fingerprint density at radius 1 is 1.13 bits per heavy atom. The van der Waals surface area contributed by atoms with Gasteiger partial charge in [-0.25, -0.2) is 17.9 Å². The van der Waals surface area contributed by atoms with Crippen molar-refractivity contribution in [2.45, 2.75) is 67.8 Å². The van der Waals surface area contributed by atoms with Crippen LogP contribution in [0.2, 0.25) is 0 Å². The third-order valence-electron chi connectivity index (χ3n) is 5.90. The van der Waals surface area contributed by atoms with E-state index in [0.29, 0.717) is 24.9 Å². The molecule has 1 heterocycles. The van der Waals surface area contributed by atoms with E-state index >= 15 is 0 Å². The van der Waals surface area contributed by atoms with E-state index in [4.69, 9.17) is 0 Å². The van der Waals surface area contributed by atoms with Crippen LogP contribution in [0, 0.1) is 0 Å². The van der Waals surface area contributed by atoms with Crippen LogP contribution < -0.4 is 20.9 Å². The maximum absolute atomic E-state index is 12.6. The quantitative estimate of drug-likeness (QED) is 0.330. The first-order valence-corrected chi connectivity index (χ1v) is 12.1. The molecule has 10 nitrogen and oxygen atoms in total. The van der Waals surface area contributed by atoms with Gasteiger partial charge in [0.25, 0.3) is 5.91 Å². The highest BCUT2D eigenvalue weighted by Gasteiger charge is 2.52. The molecule has 0 radical (unpaired) electrons. The van der Waals surface area contributed by atoms with Crippen LogP contribution in [0.4, 0.5) is 10.5 Å². The second-order valence-electron chi connectivity index (χ2n) is 8.37. The molecule has 4 N–H and O–H groups in total. The largest absolute Gasteiger partial charge is 0.325 e. The molecular formula is C20H27N5O5S. The van der Waals surface area contributed by atoms with E-state index in [1.807, 2.05) is 0 Å². The van der Waals surface area contributed by atoms with E-state index in [0.717, 1.165) is 25.7 Å². The molecule has 1 spiro atoms. The van der Waals surface area contributed by atoms with E-state index < -0.39 is 15.6 Å². The van der Waals surface area contributed by atoms with E-state index in [1.54, 1.807) is 12.1 Å². The molecule has 4 amide bonds. The van der Waals surface area contributed by atoms with Crippen molar-refractivity contribution in [1.82, 2.24) is 20.4 Å². The molecule has 168 valence electrons. The number of anilines is 1. The van der Waals surface area contributed by atoms with Gasteiger partial charge in [-0.3, -0.25) is 25.3 Å². The number of benzene rings is 1. The molecule has 2 saturated carbocycles. The number of hydrogen-bond donors (Lipinski definition) is 4. The zero-order chi connectivity index (χ0) is 22.1. The number of hydrogen-bond acceptors (Lipinski definition) is 6. The summed E-state index contributed by atoms with van der Waals surface area (Å²) in [5.74, 6) is -0.477. The van der Waals surface area contributed by atoms with Crippen LogP contribution >= 0.6 is 0 Å². The third kappa shape index (κ3) is 4.82. The molecule has 31 heavy (non-hydrogen) atoms. The van der Waals surface area contributed by atoms with Crippen LogP contribution in [0.15, 0.2) is 29.2 Å². The molecule has 1 aromatic carbocycles. The summed E-state index contributed by atoms with van der Waals surface area (Å²) in [6.07, 6.45) is 5.42. The Kier molecular flexibility index (Phi) is 5.89. The predicted octanol–water partition coefficient (Wildman–Crippen LogP) is 1.22. The normalized spacial score (nSPS) is 20.2. The van der Waals surface area contributed by atoms with Crippen molar-refractivity contribution in [3.05, 3.63) is 24.3 Å². The fourth-order valence-corrected chi connectivity index (χ4v) is 5.31. The molecule has 3 aliphatic rings. The van der Waals surface area contributed by atoms with Crippen LogP contribution in [0.1, 0.15) is 51.4 Å². The summed E-state index contributed by atoms with van der Waals surface area (Å²) < 4.78 is 26.9. The van der Waals surface area contributed by atoms with Crippen LogP contribution in [0.25, 0.3) is 0 Å². The number of nitrogens with zero attached hydrogens (tertiary/aromatic N) is 1. The Morgan fingerprint density at radius 3 is 2.45 bits per heavy atom. The van der Waals surface area contributed by atoms with Gasteiger partial charge in [-0.1, -0.05) is 12.8 Å². The van der Waals surface area contributed by atoms with Gasteiger partial charge in [0.1, 0.15) is 5.54 Å². The van der Waals surface area contributed by atoms with Crippen LogP contribution in [0.3, 0.4) is 0 Å². The molecule has 1 aromatic rings. The van der Waals surface area contributed by atoms with Crippen molar-refractivity contribution in [2.75, 3.05) is 12.0 Å². The Labute approximate surface area is 181 Å². The van der Waals surface area contributed by atoms with Gasteiger partial charge in [0.2, 0.25) is 15.9 Å². The van der Waals surface area contributed by atoms with Crippen molar-refractivity contribution in [2.24, 2.45) is 0 Å². The van der Waals surface area contributed by atoms with Crippen molar-refractivity contribution in [3.63, 3.8) is 0 Å². The smallest absolute Gasteiger partial charge is 0.323 e. The van der Waals surface area contributed by atoms with Gasteiger partial charge in [-0.05, 0) is 56.4 Å². The molecule has 0 atom stereocenters. The summed E-state index contributed by atoms with van der Waals surface area (Å²) in [5.41, 5.74) is 5.09. The third-order valence-corrected chi connectivity index (χ3v) is 7.44. The summed E-state index contributed by atoms with van der Waals surface area (Å²) in [6, 6.07) is 5.72. The lowest BCUT2D eigenvalue weighted by Gasteiger charge is -2.19. The average molecular weight is 450 g/mol. The second kappa shape index (κ2) is 8.46. The van der Waals surface area contributed by atoms with Gasteiger partial charge in [-0.2, -0.15) is 0 Å². The van der Waals surface area contributed by atoms with Gasteiger partial charge < -0.3 is 5.32 Å². The Bertz CT molecular complexity index is 968. The second-order valence-corrected chi connectivity index (χ2v) is 10.1. The van der Waals surface area contributed by atoms with Crippen LogP contribution in [-0.2, 0) is 19.6 Å². The van der Waals surface area contributed by atoms with Gasteiger partial charge in [0.15, 0.2) is 0 Å². The van der Waals surface area contributed by atoms with E-state index in [9.17, 15) is 22.8 Å². The Hall–Kier alpha value is -2.66. The predicted molar refractivity (Wildman–Crippen MR) is 112 cm³/mol. The van der Waals surface area contributed by atoms with Crippen molar-refractivity contribution in [3.8, 4) is 0 Å². The fourth-order valence-electron chi connectivity index (χ4n) is 4.00. The monoisotopic (exact) mass is 449 g/mol. The molecule has 4 rings (SSSR count). The highest BCUT2D eigenvalue weighted by Crippen LogP contribution is 2.35. The molecule has 1 saturated heterocycles. The zero-order valence-electron chi connectivity index (χ0n) is 17.1. The molecule has 0 unspecified atom stereocenters. The SMILES string of the molecule is O=C(CCCN1C(=O)NC2(CCCC2)C1=O)NNc1ccc(S(=O)(=O)NC2CC2)cc1. The minimum atomic E-state index is -3.51. The Morgan fingerprint density at radius 2 is 1.81 bits per heavy atom. The zero-order valence-corrected chi connectivity index (χ0v) is 18.0. The summed E-state index contributed by atoms with van der Waals surface area (Å²) in [4.78, 5) is 38.2. The highest BCUT2D eigenvalue weighted by molar-refractivity contribution is 7.89. The minimum Gasteiger partial charge on any atom is -0.323 e. The number of rotatable bonds is 9. The van der Waals surface area contributed by atoms with Gasteiger partial charge in [0, 0.05) is 19.0 Å². The van der Waals surface area contributed by atoms with Gasteiger partial charge in [0.05, 0.1) is 10.6 Å². The lowest BCUT2D eigenvalue weighted by atomic mass is 9.98. The van der Waals surface area contributed by atoms with Gasteiger partial charge >= 0.3 is 6.03 Å². The fraction of sp³-hybridized carbons (Fsp3) is 0.550. The molecule has 11 heteroatoms. The van der Waals surface area contributed by atoms with Crippen molar-refractivity contribution in [1.29, 1.82) is 0 Å². The lowest BCUT2D eigenvalue weighted by molar-refractivity contribution is -0.131. The van der Waals surface area contributed by atoms with Crippen LogP contribution in [-0.4, -0.2) is 49.3 Å². The van der Waals surface area contributed by atoms with Gasteiger partial charge in [-0.15, -0.1) is 0 Å². The molecule has 1 aliphatic heterocycles. The average Bonchev–Trinajstić information content (AvgIpc) is 3.35. The Balaban J connectivity index is 1.20. The number of carbonyl (C=O) groups excluding carboxylic acids is 3. The molecular weight excluding hydrogens is 422 g/mol. The number of imide groups is 1. The number of hydrazine groups is 1. The number of carbonyl (C=O) groups is 3. The summed E-state index contributed by atoms with van der Waals surface area (Å²) in [5, 5.41) is 2.82. The summed E-state index contributed by atoms with van der Waals surface area (Å²) >= 11 is 0. The number of urea groups is 1. The molecule has 0 aromatic heterocycles. The van der Waals surface area contributed by atoms with Crippen molar-refractivity contribution < 1.29 is 22.8 Å². The first-order valence-electron chi connectivity index (χ1n) is 10.6. The standard InChI is InChI=1S/C20H27N5O5S/c26-17(4-3-13-25-18(27)20(21-19(25)28)11-1-2-12-20)23-22-14-7-9-16(10-8-14)31(29,30)24-15-5-6-15/h7-10,15,22,24H,1-6,11-13H2,(H,21,28)(H,23,26). The maximum atomic E-state index is 12.6. The first kappa shape index (κ1) is 21.6. The van der Waals surface area contributed by atoms with Crippen molar-refractivity contribution >= 4 is 33.6 Å². The number of sulfonamides is 1. The molecule has 2 aliphatic carbocycles. The molecule has 0 bridgehead atoms. The molecule has 3 fully saturated rings. The number of amides is 4.